The van der Waals surface area contributed by atoms with E-state index in [4.69, 9.17) is 11.6 Å². The molecule has 1 fully saturated rings. The van der Waals surface area contributed by atoms with Crippen LogP contribution in [0.3, 0.4) is 0 Å². The molecule has 0 aromatic heterocycles. The molecule has 1 N–H and O–H groups in total. The van der Waals surface area contributed by atoms with E-state index in [0.29, 0.717) is 23.0 Å². The summed E-state index contributed by atoms with van der Waals surface area (Å²) >= 11 is 5.77. The van der Waals surface area contributed by atoms with Crippen LogP contribution < -0.4 is 0 Å². The maximum absolute atomic E-state index is 12.2. The molecule has 6 heteroatoms. The predicted octanol–water partition coefficient (Wildman–Crippen LogP) is 2.35. The first kappa shape index (κ1) is 16.7. The molecule has 4 nitrogen and oxygen atoms in total. The average molecular weight is 332 g/mol. The molecule has 1 aromatic rings. The molecule has 0 amide bonds. The third-order valence-corrected chi connectivity index (χ3v) is 5.98. The van der Waals surface area contributed by atoms with Crippen molar-refractivity contribution in [2.75, 3.05) is 25.9 Å². The van der Waals surface area contributed by atoms with Gasteiger partial charge in [0.2, 0.25) is 0 Å². The van der Waals surface area contributed by atoms with Gasteiger partial charge in [0.25, 0.3) is 0 Å². The Labute approximate surface area is 131 Å². The number of sulfone groups is 1. The molecule has 1 aromatic carbocycles. The van der Waals surface area contributed by atoms with Crippen molar-refractivity contribution in [3.05, 3.63) is 29.3 Å². The fourth-order valence-corrected chi connectivity index (χ4v) is 4.27. The van der Waals surface area contributed by atoms with E-state index < -0.39 is 15.4 Å². The predicted molar refractivity (Wildman–Crippen MR) is 84.4 cm³/mol. The Bertz CT molecular complexity index is 565. The summed E-state index contributed by atoms with van der Waals surface area (Å²) in [5.41, 5.74) is -0.640. The summed E-state index contributed by atoms with van der Waals surface area (Å²) in [7, 11) is -1.45. The Morgan fingerprint density at radius 3 is 2.38 bits per heavy atom. The second-order valence-corrected chi connectivity index (χ2v) is 8.49. The van der Waals surface area contributed by atoms with Crippen molar-refractivity contribution in [3.63, 3.8) is 0 Å². The highest BCUT2D eigenvalue weighted by atomic mass is 35.5. The lowest BCUT2D eigenvalue weighted by Gasteiger charge is -2.28. The molecule has 0 bridgehead atoms. The lowest BCUT2D eigenvalue weighted by Crippen LogP contribution is -2.40. The van der Waals surface area contributed by atoms with E-state index in [0.717, 1.165) is 25.7 Å². The van der Waals surface area contributed by atoms with Gasteiger partial charge >= 0.3 is 0 Å². The smallest absolute Gasteiger partial charge is 0.179 e. The zero-order chi connectivity index (χ0) is 15.5. The first-order valence-electron chi connectivity index (χ1n) is 7.20. The number of benzene rings is 1. The molecule has 1 saturated carbocycles. The van der Waals surface area contributed by atoms with Crippen LogP contribution in [0.1, 0.15) is 25.7 Å². The Morgan fingerprint density at radius 2 is 1.81 bits per heavy atom. The summed E-state index contributed by atoms with van der Waals surface area (Å²) < 4.78 is 24.5. The highest BCUT2D eigenvalue weighted by Crippen LogP contribution is 2.29. The molecule has 0 unspecified atom stereocenters. The molecule has 21 heavy (non-hydrogen) atoms. The second-order valence-electron chi connectivity index (χ2n) is 5.94. The number of aliphatic hydroxyl groups is 1. The summed E-state index contributed by atoms with van der Waals surface area (Å²) in [6.07, 6.45) is 3.71. The molecular formula is C15H22ClNO3S. The van der Waals surface area contributed by atoms with Gasteiger partial charge < -0.3 is 10.0 Å². The van der Waals surface area contributed by atoms with Crippen molar-refractivity contribution in [3.8, 4) is 0 Å². The fourth-order valence-electron chi connectivity index (χ4n) is 2.81. The zero-order valence-electron chi connectivity index (χ0n) is 12.3. The molecule has 1 aliphatic rings. The van der Waals surface area contributed by atoms with E-state index in [1.807, 2.05) is 11.9 Å². The van der Waals surface area contributed by atoms with Gasteiger partial charge in [0, 0.05) is 18.1 Å². The van der Waals surface area contributed by atoms with Crippen LogP contribution in [-0.4, -0.2) is 49.9 Å². The quantitative estimate of drug-likeness (QED) is 0.869. The van der Waals surface area contributed by atoms with Gasteiger partial charge in [0.15, 0.2) is 9.84 Å². The number of hydrogen-bond donors (Lipinski definition) is 1. The maximum Gasteiger partial charge on any atom is 0.179 e. The van der Waals surface area contributed by atoms with Crippen LogP contribution >= 0.6 is 11.6 Å². The van der Waals surface area contributed by atoms with Crippen molar-refractivity contribution < 1.29 is 13.5 Å². The Kier molecular flexibility index (Phi) is 5.30. The normalized spacial score (nSPS) is 18.3. The van der Waals surface area contributed by atoms with Crippen molar-refractivity contribution in [1.29, 1.82) is 0 Å². The van der Waals surface area contributed by atoms with Gasteiger partial charge in [-0.1, -0.05) is 24.4 Å². The molecule has 0 heterocycles. The summed E-state index contributed by atoms with van der Waals surface area (Å²) in [5.74, 6) is 0.0429. The van der Waals surface area contributed by atoms with E-state index in [2.05, 4.69) is 0 Å². The molecule has 2 rings (SSSR count). The van der Waals surface area contributed by atoms with Crippen molar-refractivity contribution in [2.45, 2.75) is 36.2 Å². The minimum absolute atomic E-state index is 0.0429. The van der Waals surface area contributed by atoms with Gasteiger partial charge in [-0.2, -0.15) is 0 Å². The number of nitrogens with zero attached hydrogens (tertiary/aromatic N) is 1. The van der Waals surface area contributed by atoms with Gasteiger partial charge in [0.1, 0.15) is 0 Å². The van der Waals surface area contributed by atoms with Gasteiger partial charge in [0.05, 0.1) is 16.2 Å². The van der Waals surface area contributed by atoms with Crippen LogP contribution in [0, 0.1) is 0 Å². The maximum atomic E-state index is 12.2. The van der Waals surface area contributed by atoms with Crippen molar-refractivity contribution >= 4 is 21.4 Å². The van der Waals surface area contributed by atoms with Crippen LogP contribution in [-0.2, 0) is 9.84 Å². The molecular weight excluding hydrogens is 310 g/mol. The molecule has 0 radical (unpaired) electrons. The average Bonchev–Trinajstić information content (AvgIpc) is 2.83. The number of halogens is 1. The Hall–Kier alpha value is -0.620. The standard InChI is InChI=1S/C15H22ClNO3S/c1-17(12-15(18)8-2-3-9-15)10-11-21(19,20)14-6-4-13(16)5-7-14/h4-7,18H,2-3,8-12H2,1H3. The van der Waals surface area contributed by atoms with Crippen LogP contribution in [0.5, 0.6) is 0 Å². The van der Waals surface area contributed by atoms with E-state index in [1.165, 1.54) is 12.1 Å². The molecule has 0 saturated heterocycles. The highest BCUT2D eigenvalue weighted by Gasteiger charge is 2.32. The van der Waals surface area contributed by atoms with Crippen molar-refractivity contribution in [2.24, 2.45) is 0 Å². The summed E-state index contributed by atoms with van der Waals surface area (Å²) in [5, 5.41) is 10.9. The molecule has 1 aliphatic carbocycles. The minimum atomic E-state index is -3.31. The largest absolute Gasteiger partial charge is 0.389 e. The lowest BCUT2D eigenvalue weighted by atomic mass is 10.0. The van der Waals surface area contributed by atoms with Gasteiger partial charge in [-0.25, -0.2) is 8.42 Å². The third kappa shape index (κ3) is 4.68. The molecule has 0 atom stereocenters. The highest BCUT2D eigenvalue weighted by molar-refractivity contribution is 7.91. The van der Waals surface area contributed by atoms with E-state index >= 15 is 0 Å². The summed E-state index contributed by atoms with van der Waals surface area (Å²) in [6.45, 7) is 0.941. The molecule has 0 aliphatic heterocycles. The minimum Gasteiger partial charge on any atom is -0.389 e. The number of rotatable bonds is 6. The van der Waals surface area contributed by atoms with E-state index in [-0.39, 0.29) is 5.75 Å². The van der Waals surface area contributed by atoms with E-state index in [9.17, 15) is 13.5 Å². The van der Waals surface area contributed by atoms with Gasteiger partial charge in [-0.15, -0.1) is 0 Å². The Balaban J connectivity index is 1.90. The fraction of sp³-hybridized carbons (Fsp3) is 0.600. The summed E-state index contributed by atoms with van der Waals surface area (Å²) in [4.78, 5) is 2.19. The van der Waals surface area contributed by atoms with Crippen LogP contribution in [0.15, 0.2) is 29.2 Å². The SMILES string of the molecule is CN(CCS(=O)(=O)c1ccc(Cl)cc1)CC1(O)CCCC1. The molecule has 118 valence electrons. The van der Waals surface area contributed by atoms with Crippen LogP contribution in [0.2, 0.25) is 5.02 Å². The second kappa shape index (κ2) is 6.65. The molecule has 0 spiro atoms. The first-order chi connectivity index (χ1) is 9.81. The first-order valence-corrected chi connectivity index (χ1v) is 9.23. The zero-order valence-corrected chi connectivity index (χ0v) is 13.8. The lowest BCUT2D eigenvalue weighted by molar-refractivity contribution is 0.0178. The van der Waals surface area contributed by atoms with E-state index in [1.54, 1.807) is 12.1 Å². The van der Waals surface area contributed by atoms with Crippen LogP contribution in [0.25, 0.3) is 0 Å². The van der Waals surface area contributed by atoms with Crippen LogP contribution in [0.4, 0.5) is 0 Å². The topological polar surface area (TPSA) is 57.6 Å². The summed E-state index contributed by atoms with van der Waals surface area (Å²) in [6, 6.07) is 6.23. The van der Waals surface area contributed by atoms with Crippen molar-refractivity contribution in [1.82, 2.24) is 4.90 Å². The van der Waals surface area contributed by atoms with Gasteiger partial charge in [-0.3, -0.25) is 0 Å². The third-order valence-electron chi connectivity index (χ3n) is 4.01. The number of likely N-dealkylation sites (N-methyl/N-ethyl adjacent to an activating group) is 1. The Morgan fingerprint density at radius 1 is 1.24 bits per heavy atom. The monoisotopic (exact) mass is 331 g/mol. The number of hydrogen-bond acceptors (Lipinski definition) is 4. The van der Waals surface area contributed by atoms with Gasteiger partial charge in [-0.05, 0) is 44.2 Å².